The second-order valence-corrected chi connectivity index (χ2v) is 4.31. The Morgan fingerprint density at radius 1 is 1.29 bits per heavy atom. The third-order valence-electron chi connectivity index (χ3n) is 2.76. The van der Waals surface area contributed by atoms with Gasteiger partial charge in [-0.3, -0.25) is 9.36 Å². The maximum absolute atomic E-state index is 11.7. The Labute approximate surface area is 119 Å². The maximum Gasteiger partial charge on any atom is 0.347 e. The van der Waals surface area contributed by atoms with Crippen molar-refractivity contribution in [3.05, 3.63) is 64.3 Å². The predicted molar refractivity (Wildman–Crippen MR) is 73.7 cm³/mol. The first kappa shape index (κ1) is 14.4. The number of nitrogens with one attached hydrogen (secondary N) is 1. The van der Waals surface area contributed by atoms with E-state index >= 15 is 0 Å². The van der Waals surface area contributed by atoms with Gasteiger partial charge in [0.2, 0.25) is 5.91 Å². The second-order valence-electron chi connectivity index (χ2n) is 4.31. The summed E-state index contributed by atoms with van der Waals surface area (Å²) in [6, 6.07) is 7.84. The highest BCUT2D eigenvalue weighted by Gasteiger charge is 2.06. The van der Waals surface area contributed by atoms with Gasteiger partial charge < -0.3 is 10.4 Å². The summed E-state index contributed by atoms with van der Waals surface area (Å²) in [5.74, 6) is -1.38. The van der Waals surface area contributed by atoms with Crippen LogP contribution in [-0.4, -0.2) is 26.5 Å². The quantitative estimate of drug-likeness (QED) is 0.821. The van der Waals surface area contributed by atoms with Gasteiger partial charge in [0.1, 0.15) is 6.54 Å². The third kappa shape index (κ3) is 4.00. The number of carbonyl (C=O) groups is 2. The van der Waals surface area contributed by atoms with Crippen LogP contribution in [-0.2, 0) is 17.9 Å². The first-order chi connectivity index (χ1) is 10.1. The van der Waals surface area contributed by atoms with Crippen LogP contribution in [0.25, 0.3) is 0 Å². The molecule has 0 atom stereocenters. The monoisotopic (exact) mass is 287 g/mol. The van der Waals surface area contributed by atoms with Gasteiger partial charge in [0.15, 0.2) is 0 Å². The first-order valence-electron chi connectivity index (χ1n) is 6.16. The van der Waals surface area contributed by atoms with Crippen LogP contribution in [0.2, 0.25) is 0 Å². The molecule has 0 fully saturated rings. The fraction of sp³-hybridized carbons (Fsp3) is 0.143. The molecular formula is C14H13N3O4. The van der Waals surface area contributed by atoms with E-state index in [0.29, 0.717) is 5.56 Å². The molecule has 1 aromatic heterocycles. The maximum atomic E-state index is 11.7. The van der Waals surface area contributed by atoms with E-state index in [-0.39, 0.29) is 24.6 Å². The van der Waals surface area contributed by atoms with Crippen LogP contribution in [0.5, 0.6) is 0 Å². The largest absolute Gasteiger partial charge is 0.478 e. The Kier molecular flexibility index (Phi) is 4.45. The van der Waals surface area contributed by atoms with Crippen molar-refractivity contribution in [2.45, 2.75) is 13.1 Å². The molecule has 1 heterocycles. The van der Waals surface area contributed by atoms with Crippen molar-refractivity contribution in [1.82, 2.24) is 14.9 Å². The van der Waals surface area contributed by atoms with E-state index in [1.165, 1.54) is 29.1 Å². The number of benzene rings is 1. The number of carbonyl (C=O) groups excluding carboxylic acids is 1. The number of amides is 1. The Bertz CT molecular complexity index is 724. The second kappa shape index (κ2) is 6.47. The zero-order chi connectivity index (χ0) is 15.2. The molecule has 7 heteroatoms. The molecule has 21 heavy (non-hydrogen) atoms. The lowest BCUT2D eigenvalue weighted by molar-refractivity contribution is -0.121. The van der Waals surface area contributed by atoms with E-state index in [1.807, 2.05) is 0 Å². The lowest BCUT2D eigenvalue weighted by Crippen LogP contribution is -2.32. The standard InChI is InChI=1S/C14H13N3O4/c18-12(9-17-6-2-5-15-14(17)21)16-8-10-3-1-4-11(7-10)13(19)20/h1-7H,8-9H2,(H,16,18)(H,19,20). The lowest BCUT2D eigenvalue weighted by atomic mass is 10.1. The number of carboxylic acids is 1. The molecular weight excluding hydrogens is 274 g/mol. The zero-order valence-corrected chi connectivity index (χ0v) is 11.0. The minimum Gasteiger partial charge on any atom is -0.478 e. The molecule has 0 bridgehead atoms. The number of aromatic nitrogens is 2. The van der Waals surface area contributed by atoms with Crippen LogP contribution in [0.1, 0.15) is 15.9 Å². The van der Waals surface area contributed by atoms with Crippen molar-refractivity contribution in [3.63, 3.8) is 0 Å². The van der Waals surface area contributed by atoms with Gasteiger partial charge in [-0.15, -0.1) is 0 Å². The van der Waals surface area contributed by atoms with Gasteiger partial charge in [0.05, 0.1) is 5.56 Å². The molecule has 2 N–H and O–H groups in total. The van der Waals surface area contributed by atoms with E-state index in [4.69, 9.17) is 5.11 Å². The van der Waals surface area contributed by atoms with Crippen LogP contribution in [0, 0.1) is 0 Å². The van der Waals surface area contributed by atoms with Gasteiger partial charge in [0, 0.05) is 18.9 Å². The number of hydrogen-bond acceptors (Lipinski definition) is 4. The number of carboxylic acid groups (broad SMARTS) is 1. The van der Waals surface area contributed by atoms with Crippen LogP contribution in [0.15, 0.2) is 47.5 Å². The van der Waals surface area contributed by atoms with Crippen LogP contribution in [0.4, 0.5) is 0 Å². The number of hydrogen-bond donors (Lipinski definition) is 2. The first-order valence-corrected chi connectivity index (χ1v) is 6.16. The third-order valence-corrected chi connectivity index (χ3v) is 2.76. The Hall–Kier alpha value is -2.96. The van der Waals surface area contributed by atoms with Gasteiger partial charge in [0.25, 0.3) is 0 Å². The molecule has 0 aliphatic carbocycles. The summed E-state index contributed by atoms with van der Waals surface area (Å²) >= 11 is 0. The predicted octanol–water partition coefficient (Wildman–Crippen LogP) is 0.258. The number of rotatable bonds is 5. The summed E-state index contributed by atoms with van der Waals surface area (Å²) in [5.41, 5.74) is 0.326. The molecule has 0 unspecified atom stereocenters. The van der Waals surface area contributed by atoms with Gasteiger partial charge in [-0.1, -0.05) is 12.1 Å². The molecule has 0 saturated carbocycles. The molecule has 2 rings (SSSR count). The molecule has 0 aliphatic rings. The summed E-state index contributed by atoms with van der Waals surface area (Å²) < 4.78 is 1.18. The Balaban J connectivity index is 1.95. The Morgan fingerprint density at radius 3 is 2.81 bits per heavy atom. The molecule has 1 aromatic carbocycles. The van der Waals surface area contributed by atoms with Crippen molar-refractivity contribution in [1.29, 1.82) is 0 Å². The van der Waals surface area contributed by atoms with E-state index in [1.54, 1.807) is 18.2 Å². The highest BCUT2D eigenvalue weighted by Crippen LogP contribution is 2.05. The van der Waals surface area contributed by atoms with Crippen LogP contribution < -0.4 is 11.0 Å². The summed E-state index contributed by atoms with van der Waals surface area (Å²) in [4.78, 5) is 37.5. The van der Waals surface area contributed by atoms with Crippen LogP contribution >= 0.6 is 0 Å². The van der Waals surface area contributed by atoms with E-state index in [0.717, 1.165) is 0 Å². The molecule has 2 aromatic rings. The smallest absolute Gasteiger partial charge is 0.347 e. The van der Waals surface area contributed by atoms with Crippen molar-refractivity contribution < 1.29 is 14.7 Å². The average molecular weight is 287 g/mol. The number of aromatic carboxylic acids is 1. The lowest BCUT2D eigenvalue weighted by Gasteiger charge is -2.07. The fourth-order valence-electron chi connectivity index (χ4n) is 1.73. The minimum atomic E-state index is -1.02. The van der Waals surface area contributed by atoms with E-state index in [9.17, 15) is 14.4 Å². The SMILES string of the molecule is O=C(Cn1cccnc1=O)NCc1cccc(C(=O)O)c1. The van der Waals surface area contributed by atoms with Gasteiger partial charge in [-0.05, 0) is 23.8 Å². The molecule has 0 spiro atoms. The van der Waals surface area contributed by atoms with Crippen molar-refractivity contribution in [2.24, 2.45) is 0 Å². The summed E-state index contributed by atoms with van der Waals surface area (Å²) in [6.45, 7) is 0.0558. The van der Waals surface area contributed by atoms with Gasteiger partial charge in [-0.2, -0.15) is 0 Å². The van der Waals surface area contributed by atoms with Crippen molar-refractivity contribution in [3.8, 4) is 0 Å². The zero-order valence-electron chi connectivity index (χ0n) is 11.0. The molecule has 0 aliphatic heterocycles. The fourth-order valence-corrected chi connectivity index (χ4v) is 1.73. The molecule has 108 valence electrons. The number of nitrogens with zero attached hydrogens (tertiary/aromatic N) is 2. The average Bonchev–Trinajstić information content (AvgIpc) is 2.48. The van der Waals surface area contributed by atoms with Crippen molar-refractivity contribution >= 4 is 11.9 Å². The summed E-state index contributed by atoms with van der Waals surface area (Å²) in [6.07, 6.45) is 2.83. The van der Waals surface area contributed by atoms with Crippen molar-refractivity contribution in [2.75, 3.05) is 0 Å². The molecule has 1 amide bonds. The minimum absolute atomic E-state index is 0.134. The van der Waals surface area contributed by atoms with Gasteiger partial charge in [-0.25, -0.2) is 14.6 Å². The highest BCUT2D eigenvalue weighted by atomic mass is 16.4. The molecule has 0 saturated heterocycles. The normalized spacial score (nSPS) is 10.1. The highest BCUT2D eigenvalue weighted by molar-refractivity contribution is 5.87. The Morgan fingerprint density at radius 2 is 2.10 bits per heavy atom. The summed E-state index contributed by atoms with van der Waals surface area (Å²) in [5, 5.41) is 11.5. The van der Waals surface area contributed by atoms with E-state index in [2.05, 4.69) is 10.3 Å². The molecule has 7 nitrogen and oxygen atoms in total. The molecule has 0 radical (unpaired) electrons. The summed E-state index contributed by atoms with van der Waals surface area (Å²) in [7, 11) is 0. The van der Waals surface area contributed by atoms with E-state index < -0.39 is 11.7 Å². The van der Waals surface area contributed by atoms with Gasteiger partial charge >= 0.3 is 11.7 Å². The topological polar surface area (TPSA) is 101 Å². The van der Waals surface area contributed by atoms with Crippen LogP contribution in [0.3, 0.4) is 0 Å².